The molecule has 1 rings (SSSR count). The molecule has 1 heterocycles. The van der Waals surface area contributed by atoms with E-state index in [1.54, 1.807) is 0 Å². The van der Waals surface area contributed by atoms with Crippen LogP contribution in [0.25, 0.3) is 0 Å². The number of pyridine rings is 1. The van der Waals surface area contributed by atoms with E-state index in [0.717, 1.165) is 44.8 Å². The molecule has 0 fully saturated rings. The van der Waals surface area contributed by atoms with Gasteiger partial charge in [0.1, 0.15) is 5.82 Å². The highest BCUT2D eigenvalue weighted by Gasteiger charge is 2.08. The van der Waals surface area contributed by atoms with Gasteiger partial charge >= 0.3 is 0 Å². The van der Waals surface area contributed by atoms with E-state index in [-0.39, 0.29) is 0 Å². The molecule has 3 heteroatoms. The summed E-state index contributed by atoms with van der Waals surface area (Å²) in [5.74, 6) is 1.82. The minimum absolute atomic E-state index is 0.689. The van der Waals surface area contributed by atoms with Crippen LogP contribution in [-0.2, 0) is 13.0 Å². The number of rotatable bonds is 9. The topological polar surface area (TPSA) is 28.2 Å². The van der Waals surface area contributed by atoms with Gasteiger partial charge in [0, 0.05) is 25.3 Å². The van der Waals surface area contributed by atoms with Gasteiger partial charge in [-0.05, 0) is 49.9 Å². The zero-order chi connectivity index (χ0) is 15.0. The predicted octanol–water partition coefficient (Wildman–Crippen LogP) is 3.63. The third-order valence-corrected chi connectivity index (χ3v) is 3.37. The van der Waals surface area contributed by atoms with E-state index >= 15 is 0 Å². The average molecular weight is 277 g/mol. The van der Waals surface area contributed by atoms with Gasteiger partial charge in [-0.2, -0.15) is 0 Å². The molecule has 114 valence electrons. The van der Waals surface area contributed by atoms with E-state index in [1.165, 1.54) is 11.3 Å². The Balaban J connectivity index is 2.83. The number of hydrogen-bond acceptors (Lipinski definition) is 3. The third kappa shape index (κ3) is 5.49. The summed E-state index contributed by atoms with van der Waals surface area (Å²) in [6.45, 7) is 15.2. The first-order valence-corrected chi connectivity index (χ1v) is 8.06. The van der Waals surface area contributed by atoms with Crippen LogP contribution in [0.3, 0.4) is 0 Å². The Morgan fingerprint density at radius 2 is 1.95 bits per heavy atom. The van der Waals surface area contributed by atoms with Crippen molar-refractivity contribution in [3.05, 3.63) is 23.4 Å². The number of nitrogens with one attached hydrogen (secondary N) is 1. The molecule has 0 saturated heterocycles. The van der Waals surface area contributed by atoms with Gasteiger partial charge in [-0.1, -0.05) is 27.7 Å². The van der Waals surface area contributed by atoms with E-state index in [0.29, 0.717) is 5.92 Å². The fraction of sp³-hybridized carbons (Fsp3) is 0.706. The van der Waals surface area contributed by atoms with Gasteiger partial charge in [-0.15, -0.1) is 0 Å². The normalized spacial score (nSPS) is 11.1. The molecule has 3 nitrogen and oxygen atoms in total. The second-order valence-electron chi connectivity index (χ2n) is 5.78. The van der Waals surface area contributed by atoms with E-state index in [4.69, 9.17) is 4.98 Å². The minimum atomic E-state index is 0.689. The largest absolute Gasteiger partial charge is 0.357 e. The highest BCUT2D eigenvalue weighted by Crippen LogP contribution is 2.16. The molecule has 0 aromatic carbocycles. The summed E-state index contributed by atoms with van der Waals surface area (Å²) < 4.78 is 0. The number of aromatic nitrogens is 1. The average Bonchev–Trinajstić information content (AvgIpc) is 2.44. The minimum Gasteiger partial charge on any atom is -0.357 e. The van der Waals surface area contributed by atoms with Gasteiger partial charge in [0.25, 0.3) is 0 Å². The van der Waals surface area contributed by atoms with Gasteiger partial charge in [0.15, 0.2) is 0 Å². The van der Waals surface area contributed by atoms with Gasteiger partial charge in [0.05, 0.1) is 0 Å². The lowest BCUT2D eigenvalue weighted by molar-refractivity contribution is 0.552. The third-order valence-electron chi connectivity index (χ3n) is 3.37. The van der Waals surface area contributed by atoms with Crippen LogP contribution in [-0.4, -0.2) is 24.6 Å². The summed E-state index contributed by atoms with van der Waals surface area (Å²) >= 11 is 0. The fourth-order valence-electron chi connectivity index (χ4n) is 2.29. The summed E-state index contributed by atoms with van der Waals surface area (Å²) in [6, 6.07) is 4.47. The molecular formula is C17H31N3. The summed E-state index contributed by atoms with van der Waals surface area (Å²) in [7, 11) is 0. The second kappa shape index (κ2) is 8.96. The highest BCUT2D eigenvalue weighted by atomic mass is 15.2. The molecule has 1 aromatic rings. The molecule has 0 aliphatic heterocycles. The van der Waals surface area contributed by atoms with Crippen molar-refractivity contribution in [1.82, 2.24) is 10.3 Å². The predicted molar refractivity (Wildman–Crippen MR) is 88.3 cm³/mol. The van der Waals surface area contributed by atoms with Gasteiger partial charge in [0.2, 0.25) is 0 Å². The molecule has 0 aliphatic rings. The fourth-order valence-corrected chi connectivity index (χ4v) is 2.29. The molecule has 1 N–H and O–H groups in total. The van der Waals surface area contributed by atoms with E-state index in [2.05, 4.69) is 57.0 Å². The van der Waals surface area contributed by atoms with Crippen LogP contribution in [0, 0.1) is 5.92 Å². The first-order chi connectivity index (χ1) is 9.60. The molecule has 0 aliphatic carbocycles. The van der Waals surface area contributed by atoms with Crippen molar-refractivity contribution >= 4 is 5.82 Å². The molecule has 0 amide bonds. The summed E-state index contributed by atoms with van der Waals surface area (Å²) in [5.41, 5.74) is 2.54. The van der Waals surface area contributed by atoms with Gasteiger partial charge in [-0.25, -0.2) is 4.98 Å². The molecule has 0 saturated carbocycles. The van der Waals surface area contributed by atoms with Crippen molar-refractivity contribution < 1.29 is 0 Å². The van der Waals surface area contributed by atoms with Gasteiger partial charge in [-0.3, -0.25) is 0 Å². The highest BCUT2D eigenvalue weighted by molar-refractivity contribution is 5.42. The molecule has 0 radical (unpaired) electrons. The number of nitrogens with zero attached hydrogens (tertiary/aromatic N) is 2. The zero-order valence-corrected chi connectivity index (χ0v) is 13.9. The SMILES string of the molecule is CCCN(CC)c1cc(CNCC(C)C)cc(CC)n1. The monoisotopic (exact) mass is 277 g/mol. The smallest absolute Gasteiger partial charge is 0.129 e. The molecule has 0 atom stereocenters. The Labute approximate surface area is 124 Å². The molecule has 1 aromatic heterocycles. The van der Waals surface area contributed by atoms with Crippen molar-refractivity contribution in [2.75, 3.05) is 24.5 Å². The molecular weight excluding hydrogens is 246 g/mol. The van der Waals surface area contributed by atoms with Crippen molar-refractivity contribution in [2.45, 2.75) is 54.0 Å². The number of aryl methyl sites for hydroxylation is 1. The summed E-state index contributed by atoms with van der Waals surface area (Å²) in [4.78, 5) is 7.15. The van der Waals surface area contributed by atoms with Crippen molar-refractivity contribution in [3.8, 4) is 0 Å². The van der Waals surface area contributed by atoms with Crippen LogP contribution in [0.15, 0.2) is 12.1 Å². The van der Waals surface area contributed by atoms with Crippen LogP contribution >= 0.6 is 0 Å². The first-order valence-electron chi connectivity index (χ1n) is 8.06. The second-order valence-corrected chi connectivity index (χ2v) is 5.78. The van der Waals surface area contributed by atoms with Crippen molar-refractivity contribution in [3.63, 3.8) is 0 Å². The van der Waals surface area contributed by atoms with Crippen molar-refractivity contribution in [1.29, 1.82) is 0 Å². The molecule has 20 heavy (non-hydrogen) atoms. The van der Waals surface area contributed by atoms with E-state index in [1.807, 2.05) is 0 Å². The standard InChI is InChI=1S/C17H31N3/c1-6-9-20(8-3)17-11-15(10-16(7-2)19-17)13-18-12-14(4)5/h10-11,14,18H,6-9,12-13H2,1-5H3. The quantitative estimate of drug-likeness (QED) is 0.747. The first kappa shape index (κ1) is 17.0. The maximum Gasteiger partial charge on any atom is 0.129 e. The lowest BCUT2D eigenvalue weighted by Crippen LogP contribution is -2.25. The molecule has 0 bridgehead atoms. The maximum atomic E-state index is 4.78. The zero-order valence-electron chi connectivity index (χ0n) is 13.9. The Morgan fingerprint density at radius 1 is 1.20 bits per heavy atom. The van der Waals surface area contributed by atoms with Crippen LogP contribution < -0.4 is 10.2 Å². The van der Waals surface area contributed by atoms with Crippen LogP contribution in [0.2, 0.25) is 0 Å². The van der Waals surface area contributed by atoms with Crippen molar-refractivity contribution in [2.24, 2.45) is 5.92 Å². The Kier molecular flexibility index (Phi) is 7.60. The lowest BCUT2D eigenvalue weighted by Gasteiger charge is -2.22. The van der Waals surface area contributed by atoms with Gasteiger partial charge < -0.3 is 10.2 Å². The number of anilines is 1. The maximum absolute atomic E-state index is 4.78. The Bertz CT molecular complexity index is 388. The van der Waals surface area contributed by atoms with E-state index in [9.17, 15) is 0 Å². The lowest BCUT2D eigenvalue weighted by atomic mass is 10.1. The Hall–Kier alpha value is -1.09. The molecule has 0 spiro atoms. The van der Waals surface area contributed by atoms with Crippen LogP contribution in [0.5, 0.6) is 0 Å². The Morgan fingerprint density at radius 3 is 2.50 bits per heavy atom. The van der Waals surface area contributed by atoms with Crippen LogP contribution in [0.1, 0.15) is 52.3 Å². The number of hydrogen-bond donors (Lipinski definition) is 1. The summed E-state index contributed by atoms with van der Waals surface area (Å²) in [6.07, 6.45) is 2.15. The van der Waals surface area contributed by atoms with E-state index < -0.39 is 0 Å². The molecule has 0 unspecified atom stereocenters. The van der Waals surface area contributed by atoms with Crippen LogP contribution in [0.4, 0.5) is 5.82 Å². The summed E-state index contributed by atoms with van der Waals surface area (Å²) in [5, 5.41) is 3.52.